The van der Waals surface area contributed by atoms with E-state index in [-0.39, 0.29) is 0 Å². The van der Waals surface area contributed by atoms with E-state index in [1.165, 1.54) is 11.1 Å². The minimum absolute atomic E-state index is 0.635. The second kappa shape index (κ2) is 5.25. The van der Waals surface area contributed by atoms with Gasteiger partial charge in [-0.2, -0.15) is 0 Å². The first-order valence-corrected chi connectivity index (χ1v) is 10.1. The fourth-order valence-corrected chi connectivity index (χ4v) is 3.05. The van der Waals surface area contributed by atoms with Crippen molar-refractivity contribution in [1.82, 2.24) is 0 Å². The Bertz CT molecular complexity index is 524. The molecule has 0 aliphatic heterocycles. The third-order valence-corrected chi connectivity index (χ3v) is 3.92. The minimum atomic E-state index is -1.70. The van der Waals surface area contributed by atoms with Crippen molar-refractivity contribution in [3.63, 3.8) is 0 Å². The van der Waals surface area contributed by atoms with Crippen LogP contribution >= 0.6 is 0 Å². The Morgan fingerprint density at radius 3 is 2.47 bits per heavy atom. The van der Waals surface area contributed by atoms with Crippen LogP contribution in [-0.4, -0.2) is 15.4 Å². The van der Waals surface area contributed by atoms with Crippen LogP contribution in [-0.2, 0) is 15.6 Å². The van der Waals surface area contributed by atoms with E-state index in [1.54, 1.807) is 7.11 Å². The normalized spacial score (nSPS) is 17.8. The molecule has 0 aromatic heterocycles. The third kappa shape index (κ3) is 3.10. The molecule has 0 fully saturated rings. The summed E-state index contributed by atoms with van der Waals surface area (Å²) in [5, 5.41) is 0. The Balaban J connectivity index is 2.54. The molecule has 3 heteroatoms. The van der Waals surface area contributed by atoms with E-state index < -0.39 is 8.32 Å². The molecule has 0 spiro atoms. The van der Waals surface area contributed by atoms with Gasteiger partial charge in [0.1, 0.15) is 0 Å². The van der Waals surface area contributed by atoms with Crippen molar-refractivity contribution >= 4 is 13.9 Å². The van der Waals surface area contributed by atoms with Gasteiger partial charge in [-0.1, -0.05) is 30.8 Å². The minimum Gasteiger partial charge on any atom is -0.519 e. The van der Waals surface area contributed by atoms with Crippen LogP contribution < -0.4 is 0 Å². The van der Waals surface area contributed by atoms with Crippen LogP contribution in [0.1, 0.15) is 17.5 Å². The van der Waals surface area contributed by atoms with Crippen molar-refractivity contribution in [2.75, 3.05) is 7.11 Å². The Kier molecular flexibility index (Phi) is 3.85. The molecule has 0 saturated carbocycles. The van der Waals surface area contributed by atoms with Gasteiger partial charge in [0.2, 0.25) is 8.32 Å². The van der Waals surface area contributed by atoms with E-state index in [0.717, 1.165) is 24.0 Å². The van der Waals surface area contributed by atoms with E-state index >= 15 is 0 Å². The van der Waals surface area contributed by atoms with Crippen LogP contribution in [0.25, 0.3) is 5.57 Å². The fraction of sp³-hybridized carbons (Fsp3) is 0.375. The van der Waals surface area contributed by atoms with Crippen LogP contribution in [0.15, 0.2) is 42.4 Å². The van der Waals surface area contributed by atoms with E-state index in [2.05, 4.69) is 50.5 Å². The molecule has 19 heavy (non-hydrogen) atoms. The number of rotatable bonds is 3. The average Bonchev–Trinajstić information content (AvgIpc) is 2.35. The predicted molar refractivity (Wildman–Crippen MR) is 82.3 cm³/mol. The van der Waals surface area contributed by atoms with E-state index in [9.17, 15) is 0 Å². The molecule has 1 aliphatic rings. The predicted octanol–water partition coefficient (Wildman–Crippen LogP) is 4.36. The highest BCUT2D eigenvalue weighted by atomic mass is 28.4. The number of hydrogen-bond donors (Lipinski definition) is 0. The number of ether oxygens (including phenoxy) is 1. The molecule has 1 aromatic carbocycles. The van der Waals surface area contributed by atoms with Gasteiger partial charge in [0.05, 0.1) is 12.7 Å². The maximum absolute atomic E-state index is 6.09. The molecular formula is C16H22O2Si. The smallest absolute Gasteiger partial charge is 0.273 e. The second-order valence-corrected chi connectivity index (χ2v) is 10.3. The summed E-state index contributed by atoms with van der Waals surface area (Å²) in [6, 6.07) is 8.43. The summed E-state index contributed by atoms with van der Waals surface area (Å²) in [4.78, 5) is 0. The summed E-state index contributed by atoms with van der Waals surface area (Å²) < 4.78 is 11.6. The van der Waals surface area contributed by atoms with Gasteiger partial charge in [-0.05, 0) is 49.2 Å². The van der Waals surface area contributed by atoms with Gasteiger partial charge in [0.15, 0.2) is 0 Å². The monoisotopic (exact) mass is 274 g/mol. The van der Waals surface area contributed by atoms with Gasteiger partial charge >= 0.3 is 0 Å². The number of allylic oxidation sites excluding steroid dienone is 2. The molecule has 0 heterocycles. The zero-order valence-corrected chi connectivity index (χ0v) is 13.2. The number of methoxy groups -OCH3 is 1. The lowest BCUT2D eigenvalue weighted by molar-refractivity contribution is 0.150. The van der Waals surface area contributed by atoms with Crippen molar-refractivity contribution in [2.45, 2.75) is 32.5 Å². The lowest BCUT2D eigenvalue weighted by atomic mass is 9.85. The molecular weight excluding hydrogens is 252 g/mol. The Morgan fingerprint density at radius 2 is 1.84 bits per heavy atom. The first kappa shape index (κ1) is 13.9. The molecule has 0 bridgehead atoms. The number of fused-ring (bicyclic) bond motifs is 1. The van der Waals surface area contributed by atoms with Crippen molar-refractivity contribution in [1.29, 1.82) is 0 Å². The molecule has 0 saturated heterocycles. The molecule has 1 aromatic rings. The van der Waals surface area contributed by atoms with Crippen molar-refractivity contribution in [3.05, 3.63) is 53.5 Å². The molecule has 0 N–H and O–H groups in total. The van der Waals surface area contributed by atoms with Gasteiger partial charge < -0.3 is 9.16 Å². The average molecular weight is 274 g/mol. The zero-order valence-electron chi connectivity index (χ0n) is 12.2. The molecule has 0 radical (unpaired) electrons. The van der Waals surface area contributed by atoms with Gasteiger partial charge in [-0.15, -0.1) is 0 Å². The van der Waals surface area contributed by atoms with Gasteiger partial charge in [0.25, 0.3) is 5.95 Å². The lowest BCUT2D eigenvalue weighted by Crippen LogP contribution is -2.26. The highest BCUT2D eigenvalue weighted by Gasteiger charge is 2.26. The Labute approximate surface area is 116 Å². The highest BCUT2D eigenvalue weighted by molar-refractivity contribution is 6.70. The van der Waals surface area contributed by atoms with Crippen molar-refractivity contribution in [2.24, 2.45) is 0 Å². The van der Waals surface area contributed by atoms with E-state index in [0.29, 0.717) is 5.95 Å². The summed E-state index contributed by atoms with van der Waals surface area (Å²) in [7, 11) is -0.0265. The van der Waals surface area contributed by atoms with Crippen LogP contribution in [0.5, 0.6) is 0 Å². The van der Waals surface area contributed by atoms with E-state index in [1.807, 2.05) is 0 Å². The first-order valence-electron chi connectivity index (χ1n) is 6.66. The Morgan fingerprint density at radius 1 is 1.16 bits per heavy atom. The number of benzene rings is 1. The maximum atomic E-state index is 6.09. The molecule has 2 nitrogen and oxygen atoms in total. The van der Waals surface area contributed by atoms with Gasteiger partial charge in [-0.3, -0.25) is 0 Å². The summed E-state index contributed by atoms with van der Waals surface area (Å²) in [6.07, 6.45) is 2.01. The molecule has 0 atom stereocenters. The summed E-state index contributed by atoms with van der Waals surface area (Å²) >= 11 is 0. The second-order valence-electron chi connectivity index (χ2n) is 5.84. The standard InChI is InChI=1S/C16H22O2Si/c1-12-10-11-13-8-6-7-9-14(13)15(12)16(17-2)18-19(3,4)5/h6-9H,1,10-11H2,2-5H3/b16-15-. The summed E-state index contributed by atoms with van der Waals surface area (Å²) in [5.41, 5.74) is 4.70. The van der Waals surface area contributed by atoms with Gasteiger partial charge in [0, 0.05) is 0 Å². The molecule has 1 aliphatic carbocycles. The zero-order chi connectivity index (χ0) is 14.0. The van der Waals surface area contributed by atoms with Crippen LogP contribution in [0.3, 0.4) is 0 Å². The number of hydrogen-bond acceptors (Lipinski definition) is 2. The highest BCUT2D eigenvalue weighted by Crippen LogP contribution is 2.37. The summed E-state index contributed by atoms with van der Waals surface area (Å²) in [5.74, 6) is 0.635. The molecule has 2 rings (SSSR count). The Hall–Kier alpha value is -1.48. The first-order chi connectivity index (χ1) is 8.92. The summed E-state index contributed by atoms with van der Waals surface area (Å²) in [6.45, 7) is 10.7. The maximum Gasteiger partial charge on any atom is 0.273 e. The van der Waals surface area contributed by atoms with Crippen LogP contribution in [0.4, 0.5) is 0 Å². The SMILES string of the molecule is C=C1CCc2ccccc2/C1=C(/OC)O[Si](C)(C)C. The van der Waals surface area contributed by atoms with Crippen molar-refractivity contribution < 1.29 is 9.16 Å². The van der Waals surface area contributed by atoms with Crippen LogP contribution in [0.2, 0.25) is 19.6 Å². The van der Waals surface area contributed by atoms with Gasteiger partial charge in [-0.25, -0.2) is 0 Å². The lowest BCUT2D eigenvalue weighted by Gasteiger charge is -2.27. The van der Waals surface area contributed by atoms with E-state index in [4.69, 9.17) is 9.16 Å². The number of aryl methyl sites for hydroxylation is 1. The third-order valence-electron chi connectivity index (χ3n) is 3.12. The largest absolute Gasteiger partial charge is 0.519 e. The van der Waals surface area contributed by atoms with Crippen LogP contribution in [0, 0.1) is 0 Å². The topological polar surface area (TPSA) is 18.5 Å². The quantitative estimate of drug-likeness (QED) is 0.602. The molecule has 0 amide bonds. The van der Waals surface area contributed by atoms with Crippen molar-refractivity contribution in [3.8, 4) is 0 Å². The fourth-order valence-electron chi connectivity index (χ4n) is 2.31. The molecule has 0 unspecified atom stereocenters. The molecule has 102 valence electrons.